The lowest BCUT2D eigenvalue weighted by Crippen LogP contribution is -1.30. The highest BCUT2D eigenvalue weighted by Gasteiger charge is 2.37. The van der Waals surface area contributed by atoms with E-state index in [1.807, 2.05) is 7.87 Å². The zero-order chi connectivity index (χ0) is 3.44. The van der Waals surface area contributed by atoms with Gasteiger partial charge in [-0.15, -0.1) is 0 Å². The Morgan fingerprint density at radius 3 is 2.40 bits per heavy atom. The molecule has 0 saturated heterocycles. The predicted octanol–water partition coefficient (Wildman–Crippen LogP) is 3.12. The van der Waals surface area contributed by atoms with Gasteiger partial charge >= 0.3 is 0 Å². The molecule has 0 amide bonds. The van der Waals surface area contributed by atoms with E-state index >= 15 is 0 Å². The Morgan fingerprint density at radius 1 is 2.00 bits per heavy atom. The highest BCUT2D eigenvalue weighted by molar-refractivity contribution is 14.2. The van der Waals surface area contributed by atoms with E-state index in [2.05, 4.69) is 22.0 Å². The molecule has 2 aliphatic rings. The van der Waals surface area contributed by atoms with Gasteiger partial charge in [-0.05, 0) is 4.85 Å². The topological polar surface area (TPSA) is 0 Å². The number of rotatable bonds is 0. The lowest BCUT2D eigenvalue weighted by atomic mass is 11.9. The Balaban J connectivity index is 2.87. The number of halogens is 1. The van der Waals surface area contributed by atoms with Gasteiger partial charge in [-0.25, -0.2) is 0 Å². The molecule has 5 heavy (non-hydrogen) atoms. The van der Waals surface area contributed by atoms with Crippen molar-refractivity contribution in [1.29, 1.82) is 0 Å². The molecule has 3 atom stereocenters. The molecule has 0 bridgehead atoms. The van der Waals surface area contributed by atoms with Gasteiger partial charge in [0.1, 0.15) is 0 Å². The smallest absolute Gasteiger partial charge is 0.0763 e. The van der Waals surface area contributed by atoms with E-state index in [0.29, 0.717) is 4.85 Å². The van der Waals surface area contributed by atoms with Crippen molar-refractivity contribution in [1.82, 2.24) is 0 Å². The van der Waals surface area contributed by atoms with E-state index in [1.54, 1.807) is 0 Å². The van der Waals surface area contributed by atoms with Crippen LogP contribution in [0.25, 0.3) is 0 Å². The molecule has 0 saturated carbocycles. The number of hydrogen-bond donors (Lipinski definition) is 0. The summed E-state index contributed by atoms with van der Waals surface area (Å²) in [5.41, 5.74) is 0. The normalized spacial score (nSPS) is 64.6. The molecule has 0 aromatic carbocycles. The molecule has 0 fully saturated rings. The van der Waals surface area contributed by atoms with Crippen LogP contribution in [0.3, 0.4) is 0 Å². The Kier molecular flexibility index (Phi) is 0.703. The monoisotopic (exact) mass is 234 g/mol. The largest absolute Gasteiger partial charge is 0.0775 e. The van der Waals surface area contributed by atoms with Crippen LogP contribution in [0.5, 0.6) is 0 Å². The highest BCUT2D eigenvalue weighted by Crippen LogP contribution is 2.95. The van der Waals surface area contributed by atoms with Crippen LogP contribution in [0, 0.1) is 0 Å². The van der Waals surface area contributed by atoms with Crippen molar-refractivity contribution in [2.75, 3.05) is 0 Å². The third-order valence-corrected chi connectivity index (χ3v) is 27.2. The maximum Gasteiger partial charge on any atom is 0.0763 e. The van der Waals surface area contributed by atoms with Crippen molar-refractivity contribution in [3.05, 3.63) is 0 Å². The van der Waals surface area contributed by atoms with Crippen LogP contribution in [-0.4, -0.2) is 5.14 Å². The van der Waals surface area contributed by atoms with Gasteiger partial charge in [0.25, 0.3) is 0 Å². The minimum atomic E-state index is 0.412. The van der Waals surface area contributed by atoms with Crippen molar-refractivity contribution >= 4 is 41.3 Å². The Bertz CT molecular complexity index is 162. The maximum absolute atomic E-state index is 2.65. The van der Waals surface area contributed by atoms with Gasteiger partial charge in [-0.3, -0.25) is 0 Å². The summed E-state index contributed by atoms with van der Waals surface area (Å²) in [4.78, 5) is 0.412. The zero-order valence-electron chi connectivity index (χ0n) is 2.35. The average Bonchev–Trinajstić information content (AvgIpc) is 2.11. The van der Waals surface area contributed by atoms with Gasteiger partial charge in [0.2, 0.25) is 0 Å². The Hall–Kier alpha value is 1.76. The van der Waals surface area contributed by atoms with E-state index in [4.69, 9.17) is 0 Å². The van der Waals surface area contributed by atoms with Crippen LogP contribution in [0.1, 0.15) is 0 Å². The molecule has 0 spiro atoms. The van der Waals surface area contributed by atoms with E-state index in [1.165, 1.54) is 5.14 Å². The molecule has 2 rings (SSSR count). The van der Waals surface area contributed by atoms with Crippen LogP contribution in [0.2, 0.25) is 0 Å². The fourth-order valence-electron chi connectivity index (χ4n) is 0.288. The Morgan fingerprint density at radius 2 is 2.40 bits per heavy atom. The lowest BCUT2D eigenvalue weighted by Gasteiger charge is -1.63. The molecular formula is CH2IP3. The summed E-state index contributed by atoms with van der Waals surface area (Å²) in [6.45, 7) is 0.796. The molecule has 0 aromatic heterocycles. The van der Waals surface area contributed by atoms with Crippen molar-refractivity contribution in [2.24, 2.45) is 0 Å². The van der Waals surface area contributed by atoms with E-state index < -0.39 is 0 Å². The molecule has 28 valence electrons. The van der Waals surface area contributed by atoms with Crippen molar-refractivity contribution < 1.29 is 0 Å². The average molecular weight is 234 g/mol. The van der Waals surface area contributed by atoms with Gasteiger partial charge in [0.05, 0.1) is 5.14 Å². The van der Waals surface area contributed by atoms with Crippen LogP contribution in [-0.2, 0) is 0 Å². The fraction of sp³-hybridized carbons (Fsp3) is 1.00. The van der Waals surface area contributed by atoms with Gasteiger partial charge in [-0.2, -0.15) is 0 Å². The second-order valence-electron chi connectivity index (χ2n) is 1.16. The van der Waals surface area contributed by atoms with Gasteiger partial charge < -0.3 is 0 Å². The van der Waals surface area contributed by atoms with Crippen molar-refractivity contribution in [3.8, 4) is 0 Å². The lowest BCUT2D eigenvalue weighted by molar-refractivity contribution is 2.20. The molecule has 4 heteroatoms. The molecule has 2 aliphatic heterocycles. The minimum absolute atomic E-state index is 0.412. The summed E-state index contributed by atoms with van der Waals surface area (Å²) in [5, 5.41) is 1.34. The van der Waals surface area contributed by atoms with E-state index in [0.717, 1.165) is 6.50 Å². The van der Waals surface area contributed by atoms with Crippen molar-refractivity contribution in [2.45, 2.75) is 5.14 Å². The third kappa shape index (κ3) is 0.430. The van der Waals surface area contributed by atoms with E-state index in [-0.39, 0.29) is 0 Å². The number of fused-ring (bicyclic) bond motifs is 1. The predicted molar refractivity (Wildman–Crippen MR) is 40.0 cm³/mol. The van der Waals surface area contributed by atoms with E-state index in [9.17, 15) is 0 Å². The number of hydrogen-bond acceptors (Lipinski definition) is 0. The van der Waals surface area contributed by atoms with Crippen molar-refractivity contribution in [3.63, 3.8) is 0 Å². The summed E-state index contributed by atoms with van der Waals surface area (Å²) >= 11 is 2.65. The summed E-state index contributed by atoms with van der Waals surface area (Å²) < 4.78 is 0. The maximum atomic E-state index is 2.65. The van der Waals surface area contributed by atoms with Crippen LogP contribution in [0.4, 0.5) is 0 Å². The standard InChI is InChI=1S/CH2IP3/c2-4-1-3-5(1)4/h1,4H. The fourth-order valence-corrected chi connectivity index (χ4v) is 27.8. The second-order valence-corrected chi connectivity index (χ2v) is 17.8. The molecule has 3 unspecified atom stereocenters. The minimum Gasteiger partial charge on any atom is -0.0775 e. The summed E-state index contributed by atoms with van der Waals surface area (Å²) in [6, 6.07) is 0. The highest BCUT2D eigenvalue weighted by atomic mass is 127. The first kappa shape index (κ1) is 3.72. The first-order valence-corrected chi connectivity index (χ1v) is 10.0. The summed E-state index contributed by atoms with van der Waals surface area (Å²) in [6.07, 6.45) is 0. The van der Waals surface area contributed by atoms with Gasteiger partial charge in [-0.1, -0.05) is 36.4 Å². The molecule has 0 radical (unpaired) electrons. The van der Waals surface area contributed by atoms with Crippen LogP contribution >= 0.6 is 41.3 Å². The first-order chi connectivity index (χ1) is 2.39. The quantitative estimate of drug-likeness (QED) is 0.446. The molecule has 0 N–H and O–H groups in total. The van der Waals surface area contributed by atoms with Gasteiger partial charge in [0, 0.05) is 0 Å². The first-order valence-electron chi connectivity index (χ1n) is 1.42. The second kappa shape index (κ2) is 0.944. The van der Waals surface area contributed by atoms with Crippen LogP contribution in [0.15, 0.2) is 0 Å². The zero-order valence-corrected chi connectivity index (χ0v) is 7.30. The Labute approximate surface area is 46.4 Å². The van der Waals surface area contributed by atoms with Gasteiger partial charge in [0.15, 0.2) is 0 Å². The molecule has 0 aromatic rings. The molecule has 0 aliphatic carbocycles. The summed E-state index contributed by atoms with van der Waals surface area (Å²) in [7, 11) is 1.86. The SMILES string of the molecule is I[PH]1=P2=PC21. The molecule has 0 nitrogen and oxygen atoms in total. The summed E-state index contributed by atoms with van der Waals surface area (Å²) in [5.74, 6) is 0. The molecular weight excluding hydrogens is 232 g/mol. The van der Waals surface area contributed by atoms with Crippen LogP contribution < -0.4 is 0 Å². The molecule has 2 heterocycles. The third-order valence-electron chi connectivity index (χ3n) is 0.775.